The third-order valence-corrected chi connectivity index (χ3v) is 18.8. The van der Waals surface area contributed by atoms with Gasteiger partial charge in [0, 0.05) is 25.7 Å². The summed E-state index contributed by atoms with van der Waals surface area (Å²) < 4.78 is 68.3. The van der Waals surface area contributed by atoms with E-state index in [2.05, 4.69) is 55.4 Å². The van der Waals surface area contributed by atoms with E-state index in [0.29, 0.717) is 31.6 Å². The third-order valence-electron chi connectivity index (χ3n) is 16.9. The molecule has 0 bridgehead atoms. The minimum absolute atomic E-state index is 0.103. The quantitative estimate of drug-likeness (QED) is 0.0222. The highest BCUT2D eigenvalue weighted by molar-refractivity contribution is 7.47. The second-order valence-electron chi connectivity index (χ2n) is 27.6. The number of hydrogen-bond acceptors (Lipinski definition) is 15. The van der Waals surface area contributed by atoms with Crippen molar-refractivity contribution in [3.05, 3.63) is 0 Å². The number of phosphoric acid groups is 2. The van der Waals surface area contributed by atoms with E-state index >= 15 is 0 Å². The number of phosphoric ester groups is 2. The van der Waals surface area contributed by atoms with E-state index in [4.69, 9.17) is 37.0 Å². The van der Waals surface area contributed by atoms with Crippen LogP contribution in [-0.4, -0.2) is 96.7 Å². The average Bonchev–Trinajstić information content (AvgIpc) is 3.41. The lowest BCUT2D eigenvalue weighted by atomic mass is 9.99. The number of unbranched alkanes of at least 4 members (excludes halogenated alkanes) is 34. The molecule has 0 radical (unpaired) electrons. The number of aliphatic hydroxyl groups excluding tert-OH is 1. The summed E-state index contributed by atoms with van der Waals surface area (Å²) in [7, 11) is -9.91. The van der Waals surface area contributed by atoms with Crippen molar-refractivity contribution in [1.82, 2.24) is 0 Å². The van der Waals surface area contributed by atoms with Gasteiger partial charge in [0.05, 0.1) is 26.4 Å². The molecule has 0 spiro atoms. The highest BCUT2D eigenvalue weighted by Gasteiger charge is 2.30. The Morgan fingerprint density at radius 2 is 0.527 bits per heavy atom. The monoisotopic (exact) mass is 1340 g/mol. The summed E-state index contributed by atoms with van der Waals surface area (Å²) in [5.41, 5.74) is 0. The maximum atomic E-state index is 13.0. The lowest BCUT2D eigenvalue weighted by molar-refractivity contribution is -0.161. The number of aliphatic hydroxyl groups is 1. The highest BCUT2D eigenvalue weighted by Crippen LogP contribution is 2.45. The maximum absolute atomic E-state index is 13.0. The van der Waals surface area contributed by atoms with Gasteiger partial charge in [-0.25, -0.2) is 9.13 Å². The minimum atomic E-state index is -4.95. The Labute approximate surface area is 556 Å². The Morgan fingerprint density at radius 1 is 0.308 bits per heavy atom. The molecule has 0 amide bonds. The van der Waals surface area contributed by atoms with Gasteiger partial charge in [0.25, 0.3) is 0 Å². The van der Waals surface area contributed by atoms with Crippen molar-refractivity contribution in [3.63, 3.8) is 0 Å². The lowest BCUT2D eigenvalue weighted by Gasteiger charge is -2.21. The van der Waals surface area contributed by atoms with E-state index in [1.165, 1.54) is 154 Å². The number of hydrogen-bond donors (Lipinski definition) is 3. The predicted molar refractivity (Wildman–Crippen MR) is 367 cm³/mol. The van der Waals surface area contributed by atoms with Gasteiger partial charge in [-0.15, -0.1) is 0 Å². The van der Waals surface area contributed by atoms with E-state index in [-0.39, 0.29) is 25.7 Å². The van der Waals surface area contributed by atoms with Crippen LogP contribution in [0.5, 0.6) is 0 Å². The van der Waals surface area contributed by atoms with Gasteiger partial charge in [0.2, 0.25) is 0 Å². The zero-order valence-electron chi connectivity index (χ0n) is 59.5. The molecular weight excluding hydrogens is 1200 g/mol. The molecule has 91 heavy (non-hydrogen) atoms. The summed E-state index contributed by atoms with van der Waals surface area (Å²) >= 11 is 0. The topological polar surface area (TPSA) is 237 Å². The maximum Gasteiger partial charge on any atom is 0.472 e. The van der Waals surface area contributed by atoms with Crippen molar-refractivity contribution in [2.24, 2.45) is 23.7 Å². The van der Waals surface area contributed by atoms with Crippen LogP contribution < -0.4 is 0 Å². The fraction of sp³-hybridized carbons (Fsp3) is 0.944. The van der Waals surface area contributed by atoms with Gasteiger partial charge in [0.1, 0.15) is 19.3 Å². The van der Waals surface area contributed by atoms with Crippen LogP contribution in [0.4, 0.5) is 0 Å². The summed E-state index contributed by atoms with van der Waals surface area (Å²) in [5, 5.41) is 10.6. The normalized spacial score (nSPS) is 14.5. The molecule has 0 aliphatic carbocycles. The van der Waals surface area contributed by atoms with Crippen LogP contribution in [0, 0.1) is 23.7 Å². The van der Waals surface area contributed by atoms with E-state index in [9.17, 15) is 43.2 Å². The van der Waals surface area contributed by atoms with E-state index in [1.54, 1.807) is 0 Å². The predicted octanol–water partition coefficient (Wildman–Crippen LogP) is 20.5. The second kappa shape index (κ2) is 61.6. The molecule has 6 atom stereocenters. The molecule has 0 aliphatic rings. The highest BCUT2D eigenvalue weighted by atomic mass is 31.2. The standard InChI is InChI=1S/C72H140O17P2/c1-9-65(8)51-43-35-27-18-15-16-20-29-38-46-54-71(76)88-67(58-82-69(74)52-44-36-28-19-14-12-10-11-13-17-24-32-40-48-62(2)3)60-86-90(78,79)84-56-66(73)57-85-91(80,81)87-61-68(59-83-70(75)53-45-37-31-23-26-34-42-50-64(6)7)89-72(77)55-47-39-30-22-21-25-33-41-49-63(4)5/h62-68,73H,9-61H2,1-8H3,(H,78,79)(H,80,81)/t65?,66?,67-,68-/m1/s1. The molecule has 0 saturated carbocycles. The first-order valence-electron chi connectivity index (χ1n) is 37.2. The number of carbonyl (C=O) groups excluding carboxylic acids is 4. The molecule has 540 valence electrons. The first kappa shape index (κ1) is 89.1. The number of ether oxygens (including phenoxy) is 4. The largest absolute Gasteiger partial charge is 0.472 e. The first-order chi connectivity index (χ1) is 43.6. The smallest absolute Gasteiger partial charge is 0.462 e. The van der Waals surface area contributed by atoms with Crippen molar-refractivity contribution >= 4 is 39.5 Å². The second-order valence-corrected chi connectivity index (χ2v) is 30.6. The third kappa shape index (κ3) is 65.1. The average molecular weight is 1340 g/mol. The SMILES string of the molecule is CCC(C)CCCCCCCCCCCCC(=O)O[C@H](COC(=O)CCCCCCCCCCCCCCCC(C)C)COP(=O)(O)OCC(O)COP(=O)(O)OC[C@@H](COC(=O)CCCCCCCCCC(C)C)OC(=O)CCCCCCCCCCC(C)C. The van der Waals surface area contributed by atoms with Gasteiger partial charge in [-0.05, 0) is 49.4 Å². The molecule has 19 heteroatoms. The molecule has 0 heterocycles. The zero-order chi connectivity index (χ0) is 67.5. The first-order valence-corrected chi connectivity index (χ1v) is 40.2. The van der Waals surface area contributed by atoms with Gasteiger partial charge < -0.3 is 33.8 Å². The summed E-state index contributed by atoms with van der Waals surface area (Å²) in [5.74, 6) is 0.889. The lowest BCUT2D eigenvalue weighted by Crippen LogP contribution is -2.30. The Kier molecular flexibility index (Phi) is 60.3. The van der Waals surface area contributed by atoms with Crippen molar-refractivity contribution in [2.75, 3.05) is 39.6 Å². The zero-order valence-corrected chi connectivity index (χ0v) is 61.3. The van der Waals surface area contributed by atoms with Crippen LogP contribution in [-0.2, 0) is 65.4 Å². The van der Waals surface area contributed by atoms with Crippen LogP contribution in [0.2, 0.25) is 0 Å². The molecule has 3 N–H and O–H groups in total. The molecule has 4 unspecified atom stereocenters. The van der Waals surface area contributed by atoms with Crippen molar-refractivity contribution in [3.8, 4) is 0 Å². The summed E-state index contributed by atoms with van der Waals surface area (Å²) in [6.07, 6.45) is 44.5. The van der Waals surface area contributed by atoms with Crippen LogP contribution in [0.15, 0.2) is 0 Å². The van der Waals surface area contributed by atoms with Gasteiger partial charge >= 0.3 is 39.5 Å². The van der Waals surface area contributed by atoms with Gasteiger partial charge in [-0.2, -0.15) is 0 Å². The number of carbonyl (C=O) groups is 4. The fourth-order valence-corrected chi connectivity index (χ4v) is 12.4. The van der Waals surface area contributed by atoms with Crippen LogP contribution in [0.3, 0.4) is 0 Å². The van der Waals surface area contributed by atoms with E-state index in [1.807, 2.05) is 0 Å². The molecule has 0 rings (SSSR count). The molecule has 0 fully saturated rings. The molecular formula is C72H140O17P2. The van der Waals surface area contributed by atoms with Crippen LogP contribution in [0.25, 0.3) is 0 Å². The Bertz CT molecular complexity index is 1800. The molecule has 17 nitrogen and oxygen atoms in total. The van der Waals surface area contributed by atoms with E-state index in [0.717, 1.165) is 114 Å². The van der Waals surface area contributed by atoms with Crippen molar-refractivity contribution in [2.45, 2.75) is 375 Å². The number of esters is 4. The molecule has 0 aromatic rings. The number of rotatable bonds is 69. The van der Waals surface area contributed by atoms with Crippen LogP contribution in [0.1, 0.15) is 357 Å². The van der Waals surface area contributed by atoms with Gasteiger partial charge in [0.15, 0.2) is 12.2 Å². The fourth-order valence-electron chi connectivity index (χ4n) is 10.8. The molecule has 0 aliphatic heterocycles. The van der Waals surface area contributed by atoms with Gasteiger partial charge in [-0.1, -0.05) is 306 Å². The van der Waals surface area contributed by atoms with Crippen LogP contribution >= 0.6 is 15.6 Å². The molecule has 0 aromatic heterocycles. The Balaban J connectivity index is 5.25. The Morgan fingerprint density at radius 3 is 0.780 bits per heavy atom. The van der Waals surface area contributed by atoms with E-state index < -0.39 is 97.5 Å². The molecule has 0 aromatic carbocycles. The summed E-state index contributed by atoms with van der Waals surface area (Å²) in [4.78, 5) is 72.6. The minimum Gasteiger partial charge on any atom is -0.462 e. The Hall–Kier alpha value is -1.94. The van der Waals surface area contributed by atoms with Gasteiger partial charge in [-0.3, -0.25) is 37.3 Å². The summed E-state index contributed by atoms with van der Waals surface area (Å²) in [6, 6.07) is 0. The molecule has 0 saturated heterocycles. The summed E-state index contributed by atoms with van der Waals surface area (Å²) in [6.45, 7) is 14.1. The van der Waals surface area contributed by atoms with Crippen molar-refractivity contribution < 1.29 is 80.2 Å². The van der Waals surface area contributed by atoms with Crippen molar-refractivity contribution in [1.29, 1.82) is 0 Å².